The monoisotopic (exact) mass is 254 g/mol. The summed E-state index contributed by atoms with van der Waals surface area (Å²) in [4.78, 5) is 0. The van der Waals surface area contributed by atoms with Crippen molar-refractivity contribution in [1.29, 1.82) is 0 Å². The molecule has 0 aromatic rings. The Morgan fingerprint density at radius 3 is 1.44 bits per heavy atom. The van der Waals surface area contributed by atoms with Gasteiger partial charge in [0.25, 0.3) is 0 Å². The van der Waals surface area contributed by atoms with E-state index in [-0.39, 0.29) is 13.2 Å². The molecule has 0 saturated carbocycles. The third-order valence-corrected chi connectivity index (χ3v) is 3.07. The van der Waals surface area contributed by atoms with Gasteiger partial charge in [0.2, 0.25) is 0 Å². The van der Waals surface area contributed by atoms with Gasteiger partial charge < -0.3 is 10.2 Å². The van der Waals surface area contributed by atoms with Crippen LogP contribution in [0.4, 0.5) is 0 Å². The van der Waals surface area contributed by atoms with Gasteiger partial charge in [-0.3, -0.25) is 0 Å². The SMILES string of the molecule is CCCCC=C(CCO)C(=CCCCC)CCO. The molecule has 0 saturated heterocycles. The van der Waals surface area contributed by atoms with Crippen LogP contribution in [0.2, 0.25) is 0 Å². The molecule has 0 aliphatic rings. The summed E-state index contributed by atoms with van der Waals surface area (Å²) in [6, 6.07) is 0. The third-order valence-electron chi connectivity index (χ3n) is 3.07. The molecule has 0 amide bonds. The maximum atomic E-state index is 9.15. The second-order valence-corrected chi connectivity index (χ2v) is 4.69. The van der Waals surface area contributed by atoms with Crippen LogP contribution in [-0.2, 0) is 0 Å². The quantitative estimate of drug-likeness (QED) is 0.432. The Hall–Kier alpha value is -0.600. The Morgan fingerprint density at radius 2 is 1.17 bits per heavy atom. The van der Waals surface area contributed by atoms with E-state index in [1.54, 1.807) is 0 Å². The summed E-state index contributed by atoms with van der Waals surface area (Å²) in [5.41, 5.74) is 2.47. The Kier molecular flexibility index (Phi) is 12.4. The summed E-state index contributed by atoms with van der Waals surface area (Å²) in [6.07, 6.45) is 12.8. The first kappa shape index (κ1) is 17.4. The fraction of sp³-hybridized carbons (Fsp3) is 0.750. The maximum absolute atomic E-state index is 9.15. The average molecular weight is 254 g/mol. The van der Waals surface area contributed by atoms with E-state index in [4.69, 9.17) is 10.2 Å². The number of aliphatic hydroxyl groups excluding tert-OH is 2. The van der Waals surface area contributed by atoms with Crippen LogP contribution >= 0.6 is 0 Å². The molecule has 2 heteroatoms. The van der Waals surface area contributed by atoms with Crippen molar-refractivity contribution in [2.24, 2.45) is 0 Å². The average Bonchev–Trinajstić information content (AvgIpc) is 2.37. The van der Waals surface area contributed by atoms with Crippen molar-refractivity contribution in [2.75, 3.05) is 13.2 Å². The number of aliphatic hydroxyl groups is 2. The molecule has 0 atom stereocenters. The first-order valence-electron chi connectivity index (χ1n) is 7.40. The normalized spacial score (nSPS) is 13.1. The highest BCUT2D eigenvalue weighted by atomic mass is 16.3. The lowest BCUT2D eigenvalue weighted by Gasteiger charge is -2.11. The number of hydrogen-bond donors (Lipinski definition) is 2. The van der Waals surface area contributed by atoms with Gasteiger partial charge in [-0.2, -0.15) is 0 Å². The van der Waals surface area contributed by atoms with E-state index in [0.29, 0.717) is 12.8 Å². The van der Waals surface area contributed by atoms with Crippen LogP contribution in [0.15, 0.2) is 23.3 Å². The van der Waals surface area contributed by atoms with Gasteiger partial charge in [-0.25, -0.2) is 0 Å². The van der Waals surface area contributed by atoms with Crippen LogP contribution in [0.25, 0.3) is 0 Å². The Balaban J connectivity index is 4.62. The number of allylic oxidation sites excluding steroid dienone is 2. The van der Waals surface area contributed by atoms with Gasteiger partial charge in [0.05, 0.1) is 0 Å². The summed E-state index contributed by atoms with van der Waals surface area (Å²) >= 11 is 0. The van der Waals surface area contributed by atoms with Gasteiger partial charge in [0.15, 0.2) is 0 Å². The molecule has 0 aliphatic carbocycles. The predicted molar refractivity (Wildman–Crippen MR) is 78.6 cm³/mol. The fourth-order valence-electron chi connectivity index (χ4n) is 1.99. The third kappa shape index (κ3) is 8.48. The molecule has 18 heavy (non-hydrogen) atoms. The summed E-state index contributed by atoms with van der Waals surface area (Å²) in [7, 11) is 0. The smallest absolute Gasteiger partial charge is 0.0471 e. The molecule has 106 valence electrons. The van der Waals surface area contributed by atoms with E-state index in [2.05, 4.69) is 26.0 Å². The van der Waals surface area contributed by atoms with Crippen LogP contribution in [0.1, 0.15) is 65.2 Å². The van der Waals surface area contributed by atoms with Crippen molar-refractivity contribution in [2.45, 2.75) is 65.2 Å². The zero-order chi connectivity index (χ0) is 13.6. The summed E-state index contributed by atoms with van der Waals surface area (Å²) in [6.45, 7) is 4.75. The molecule has 0 aliphatic heterocycles. The van der Waals surface area contributed by atoms with E-state index in [9.17, 15) is 0 Å². The molecule has 2 N–H and O–H groups in total. The molecule has 0 aromatic heterocycles. The molecule has 0 rings (SSSR count). The molecular weight excluding hydrogens is 224 g/mol. The van der Waals surface area contributed by atoms with E-state index >= 15 is 0 Å². The molecule has 0 unspecified atom stereocenters. The lowest BCUT2D eigenvalue weighted by atomic mass is 9.97. The predicted octanol–water partition coefficient (Wildman–Crippen LogP) is 3.98. The largest absolute Gasteiger partial charge is 0.396 e. The van der Waals surface area contributed by atoms with Crippen molar-refractivity contribution >= 4 is 0 Å². The zero-order valence-corrected chi connectivity index (χ0v) is 12.1. The van der Waals surface area contributed by atoms with Gasteiger partial charge in [-0.1, -0.05) is 51.7 Å². The van der Waals surface area contributed by atoms with Crippen molar-refractivity contribution in [3.8, 4) is 0 Å². The second-order valence-electron chi connectivity index (χ2n) is 4.69. The van der Waals surface area contributed by atoms with E-state index in [0.717, 1.165) is 12.8 Å². The first-order valence-corrected chi connectivity index (χ1v) is 7.40. The van der Waals surface area contributed by atoms with Gasteiger partial charge >= 0.3 is 0 Å². The Morgan fingerprint density at radius 1 is 0.778 bits per heavy atom. The van der Waals surface area contributed by atoms with E-state index < -0.39 is 0 Å². The Labute approximate surface area is 112 Å². The van der Waals surface area contributed by atoms with Crippen LogP contribution < -0.4 is 0 Å². The summed E-state index contributed by atoms with van der Waals surface area (Å²) in [5, 5.41) is 18.3. The standard InChI is InChI=1S/C16H30O2/c1-3-5-7-9-15(11-13-17)16(12-14-18)10-8-6-4-2/h9-10,17-18H,3-8,11-14H2,1-2H3. The minimum atomic E-state index is 0.189. The van der Waals surface area contributed by atoms with Crippen LogP contribution in [0.3, 0.4) is 0 Å². The van der Waals surface area contributed by atoms with Crippen molar-refractivity contribution in [3.05, 3.63) is 23.3 Å². The molecule has 0 fully saturated rings. The first-order chi connectivity index (χ1) is 8.79. The van der Waals surface area contributed by atoms with Crippen molar-refractivity contribution in [3.63, 3.8) is 0 Å². The second kappa shape index (κ2) is 12.8. The molecule has 2 nitrogen and oxygen atoms in total. The van der Waals surface area contributed by atoms with Gasteiger partial charge in [-0.15, -0.1) is 0 Å². The molecular formula is C16H30O2. The van der Waals surface area contributed by atoms with Crippen LogP contribution in [-0.4, -0.2) is 23.4 Å². The number of unbranched alkanes of at least 4 members (excludes halogenated alkanes) is 4. The topological polar surface area (TPSA) is 40.5 Å². The van der Waals surface area contributed by atoms with Crippen molar-refractivity contribution in [1.82, 2.24) is 0 Å². The van der Waals surface area contributed by atoms with E-state index in [1.165, 1.54) is 36.8 Å². The highest BCUT2D eigenvalue weighted by Gasteiger charge is 2.04. The Bertz CT molecular complexity index is 215. The molecule has 0 radical (unpaired) electrons. The molecule has 0 aromatic carbocycles. The number of hydrogen-bond acceptors (Lipinski definition) is 2. The highest BCUT2D eigenvalue weighted by Crippen LogP contribution is 2.20. The zero-order valence-electron chi connectivity index (χ0n) is 12.1. The molecule has 0 heterocycles. The maximum Gasteiger partial charge on any atom is 0.0471 e. The minimum absolute atomic E-state index is 0.189. The molecule has 0 spiro atoms. The molecule has 0 bridgehead atoms. The lowest BCUT2D eigenvalue weighted by molar-refractivity contribution is 0.292. The minimum Gasteiger partial charge on any atom is -0.396 e. The summed E-state index contributed by atoms with van der Waals surface area (Å²) < 4.78 is 0. The lowest BCUT2D eigenvalue weighted by Crippen LogP contribution is -1.98. The summed E-state index contributed by atoms with van der Waals surface area (Å²) in [5.74, 6) is 0. The van der Waals surface area contributed by atoms with Crippen LogP contribution in [0.5, 0.6) is 0 Å². The van der Waals surface area contributed by atoms with Gasteiger partial charge in [-0.05, 0) is 36.8 Å². The van der Waals surface area contributed by atoms with Gasteiger partial charge in [0, 0.05) is 13.2 Å². The fourth-order valence-corrected chi connectivity index (χ4v) is 1.99. The van der Waals surface area contributed by atoms with Crippen LogP contribution in [0, 0.1) is 0 Å². The van der Waals surface area contributed by atoms with Crippen molar-refractivity contribution < 1.29 is 10.2 Å². The number of rotatable bonds is 11. The van der Waals surface area contributed by atoms with Gasteiger partial charge in [0.1, 0.15) is 0 Å². The highest BCUT2D eigenvalue weighted by molar-refractivity contribution is 5.31. The van der Waals surface area contributed by atoms with E-state index in [1.807, 2.05) is 0 Å².